The normalized spacial score (nSPS) is 17.5. The minimum atomic E-state index is 0. The molecule has 0 N–H and O–H groups in total. The first-order chi connectivity index (χ1) is 8.76. The molecular formula is C16H23ClN2. The Morgan fingerprint density at radius 3 is 2.47 bits per heavy atom. The first-order valence-corrected chi connectivity index (χ1v) is 6.71. The van der Waals surface area contributed by atoms with Crippen LogP contribution in [0.15, 0.2) is 43.2 Å². The lowest BCUT2D eigenvalue weighted by molar-refractivity contribution is 0.313. The van der Waals surface area contributed by atoms with Crippen LogP contribution in [0.2, 0.25) is 0 Å². The summed E-state index contributed by atoms with van der Waals surface area (Å²) in [6.45, 7) is 9.40. The van der Waals surface area contributed by atoms with Gasteiger partial charge >= 0.3 is 0 Å². The van der Waals surface area contributed by atoms with E-state index in [1.165, 1.54) is 18.5 Å². The number of hydrogen-bond donors (Lipinski definition) is 0. The summed E-state index contributed by atoms with van der Waals surface area (Å²) in [5, 5.41) is 0. The number of halogens is 1. The van der Waals surface area contributed by atoms with Crippen molar-refractivity contribution in [3.63, 3.8) is 0 Å². The van der Waals surface area contributed by atoms with Gasteiger partial charge in [0.05, 0.1) is 0 Å². The van der Waals surface area contributed by atoms with Crippen molar-refractivity contribution in [2.45, 2.75) is 32.9 Å². The first-order valence-electron chi connectivity index (χ1n) is 6.71. The van der Waals surface area contributed by atoms with E-state index in [-0.39, 0.29) is 12.4 Å². The van der Waals surface area contributed by atoms with E-state index in [1.54, 1.807) is 0 Å². The fourth-order valence-electron chi connectivity index (χ4n) is 2.25. The van der Waals surface area contributed by atoms with Gasteiger partial charge in [0.15, 0.2) is 0 Å². The minimum Gasteiger partial charge on any atom is -0.356 e. The molecule has 19 heavy (non-hydrogen) atoms. The van der Waals surface area contributed by atoms with E-state index in [1.807, 2.05) is 6.08 Å². The van der Waals surface area contributed by atoms with Crippen molar-refractivity contribution in [2.75, 3.05) is 11.4 Å². The van der Waals surface area contributed by atoms with Crippen LogP contribution in [0, 0.1) is 0 Å². The Balaban J connectivity index is 0.00000180. The Hall–Kier alpha value is -1.41. The Kier molecular flexibility index (Phi) is 5.97. The van der Waals surface area contributed by atoms with E-state index in [4.69, 9.17) is 0 Å². The van der Waals surface area contributed by atoms with Crippen LogP contribution in [-0.2, 0) is 0 Å². The minimum absolute atomic E-state index is 0. The summed E-state index contributed by atoms with van der Waals surface area (Å²) in [6.07, 6.45) is 9.14. The van der Waals surface area contributed by atoms with E-state index < -0.39 is 0 Å². The lowest BCUT2D eigenvalue weighted by Gasteiger charge is -2.29. The van der Waals surface area contributed by atoms with Crippen molar-refractivity contribution in [1.29, 1.82) is 0 Å². The molecule has 0 saturated carbocycles. The number of unbranched alkanes of at least 4 members (excludes halogenated alkanes) is 1. The molecule has 0 spiro atoms. The van der Waals surface area contributed by atoms with Crippen LogP contribution >= 0.6 is 12.4 Å². The third-order valence-corrected chi connectivity index (χ3v) is 3.50. The summed E-state index contributed by atoms with van der Waals surface area (Å²) < 4.78 is 0. The molecule has 0 aromatic heterocycles. The summed E-state index contributed by atoms with van der Waals surface area (Å²) in [6, 6.07) is 8.53. The van der Waals surface area contributed by atoms with Gasteiger partial charge in [-0.1, -0.05) is 38.1 Å². The van der Waals surface area contributed by atoms with Gasteiger partial charge in [-0.3, -0.25) is 0 Å². The quantitative estimate of drug-likeness (QED) is 0.783. The molecule has 1 aromatic rings. The predicted octanol–water partition coefficient (Wildman–Crippen LogP) is 4.49. The molecule has 0 amide bonds. The second-order valence-corrected chi connectivity index (χ2v) is 4.72. The topological polar surface area (TPSA) is 6.48 Å². The summed E-state index contributed by atoms with van der Waals surface area (Å²) >= 11 is 0. The summed E-state index contributed by atoms with van der Waals surface area (Å²) in [4.78, 5) is 4.70. The van der Waals surface area contributed by atoms with Crippen LogP contribution in [-0.4, -0.2) is 17.6 Å². The van der Waals surface area contributed by atoms with Crippen LogP contribution in [0.3, 0.4) is 0 Å². The zero-order valence-electron chi connectivity index (χ0n) is 11.7. The van der Waals surface area contributed by atoms with Gasteiger partial charge in [0.25, 0.3) is 0 Å². The third-order valence-electron chi connectivity index (χ3n) is 3.50. The fraction of sp³-hybridized carbons (Fsp3) is 0.375. The smallest absolute Gasteiger partial charge is 0.102 e. The van der Waals surface area contributed by atoms with Crippen LogP contribution in [0.1, 0.15) is 32.3 Å². The van der Waals surface area contributed by atoms with Gasteiger partial charge in [0.2, 0.25) is 0 Å². The van der Waals surface area contributed by atoms with Crippen LogP contribution in [0.25, 0.3) is 6.08 Å². The molecule has 3 heteroatoms. The largest absolute Gasteiger partial charge is 0.356 e. The van der Waals surface area contributed by atoms with Gasteiger partial charge in [-0.25, -0.2) is 0 Å². The fourth-order valence-corrected chi connectivity index (χ4v) is 2.25. The molecule has 1 atom stereocenters. The second-order valence-electron chi connectivity index (χ2n) is 4.72. The van der Waals surface area contributed by atoms with Crippen LogP contribution < -0.4 is 4.90 Å². The highest BCUT2D eigenvalue weighted by molar-refractivity contribution is 5.85. The van der Waals surface area contributed by atoms with Gasteiger partial charge < -0.3 is 9.80 Å². The summed E-state index contributed by atoms with van der Waals surface area (Å²) in [5.41, 5.74) is 2.40. The number of hydrogen-bond acceptors (Lipinski definition) is 2. The number of rotatable bonds is 5. The van der Waals surface area contributed by atoms with Crippen molar-refractivity contribution in [3.05, 3.63) is 48.8 Å². The molecule has 1 aromatic carbocycles. The van der Waals surface area contributed by atoms with E-state index in [9.17, 15) is 0 Å². The van der Waals surface area contributed by atoms with Crippen molar-refractivity contribution >= 4 is 24.2 Å². The van der Waals surface area contributed by atoms with Gasteiger partial charge in [0, 0.05) is 24.6 Å². The highest BCUT2D eigenvalue weighted by atomic mass is 35.5. The average molecular weight is 279 g/mol. The highest BCUT2D eigenvalue weighted by Gasteiger charge is 2.22. The maximum Gasteiger partial charge on any atom is 0.102 e. The molecule has 1 aliphatic heterocycles. The average Bonchev–Trinajstić information content (AvgIpc) is 2.78. The van der Waals surface area contributed by atoms with E-state index in [2.05, 4.69) is 66.9 Å². The maximum atomic E-state index is 3.78. The second kappa shape index (κ2) is 7.25. The first kappa shape index (κ1) is 15.6. The molecule has 0 bridgehead atoms. The molecule has 1 heterocycles. The molecule has 0 saturated heterocycles. The molecular weight excluding hydrogens is 256 g/mol. The zero-order valence-corrected chi connectivity index (χ0v) is 12.6. The Labute approximate surface area is 122 Å². The molecule has 2 nitrogen and oxygen atoms in total. The Morgan fingerprint density at radius 1 is 1.21 bits per heavy atom. The van der Waals surface area contributed by atoms with Crippen molar-refractivity contribution in [2.24, 2.45) is 0 Å². The maximum absolute atomic E-state index is 3.78. The third kappa shape index (κ3) is 3.54. The molecule has 0 radical (unpaired) electrons. The number of benzene rings is 1. The van der Waals surface area contributed by atoms with E-state index >= 15 is 0 Å². The Bertz CT molecular complexity index is 425. The summed E-state index contributed by atoms with van der Waals surface area (Å²) in [7, 11) is 0. The van der Waals surface area contributed by atoms with Gasteiger partial charge in [0.1, 0.15) is 6.17 Å². The zero-order chi connectivity index (χ0) is 13.0. The number of anilines is 1. The van der Waals surface area contributed by atoms with Gasteiger partial charge in [-0.05, 0) is 31.0 Å². The molecule has 1 unspecified atom stereocenters. The molecule has 104 valence electrons. The SMILES string of the molecule is C=Cc1ccc(N2C=CN(CCCC)C2C)cc1.Cl. The highest BCUT2D eigenvalue weighted by Crippen LogP contribution is 2.25. The number of nitrogens with zero attached hydrogens (tertiary/aromatic N) is 2. The van der Waals surface area contributed by atoms with Crippen molar-refractivity contribution < 1.29 is 0 Å². The van der Waals surface area contributed by atoms with Crippen molar-refractivity contribution in [3.8, 4) is 0 Å². The molecule has 1 aliphatic rings. The molecule has 0 aliphatic carbocycles. The van der Waals surface area contributed by atoms with Crippen LogP contribution in [0.4, 0.5) is 5.69 Å². The lowest BCUT2D eigenvalue weighted by Crippen LogP contribution is -2.36. The lowest BCUT2D eigenvalue weighted by atomic mass is 10.2. The summed E-state index contributed by atoms with van der Waals surface area (Å²) in [5.74, 6) is 0. The predicted molar refractivity (Wildman–Crippen MR) is 86.5 cm³/mol. The van der Waals surface area contributed by atoms with Crippen LogP contribution in [0.5, 0.6) is 0 Å². The van der Waals surface area contributed by atoms with Crippen molar-refractivity contribution in [1.82, 2.24) is 4.90 Å². The monoisotopic (exact) mass is 278 g/mol. The Morgan fingerprint density at radius 2 is 1.89 bits per heavy atom. The molecule has 0 fully saturated rings. The standard InChI is InChI=1S/C16H22N2.ClH/c1-4-6-11-17-12-13-18(14(17)3)16-9-7-15(5-2)8-10-16;/h5,7-10,12-14H,2,4,6,11H2,1,3H3;1H. The van der Waals surface area contributed by atoms with Gasteiger partial charge in [-0.2, -0.15) is 0 Å². The van der Waals surface area contributed by atoms with Gasteiger partial charge in [-0.15, -0.1) is 12.4 Å². The molecule has 2 rings (SSSR count). The van der Waals surface area contributed by atoms with E-state index in [0.29, 0.717) is 6.17 Å². The van der Waals surface area contributed by atoms with E-state index in [0.717, 1.165) is 12.1 Å².